The molecule has 1 amide bonds. The predicted molar refractivity (Wildman–Crippen MR) is 92.1 cm³/mol. The number of anilines is 1. The second kappa shape index (κ2) is 6.02. The van der Waals surface area contributed by atoms with Crippen molar-refractivity contribution in [1.82, 2.24) is 5.43 Å². The number of amides is 1. The molecule has 0 saturated heterocycles. The number of fused-ring (bicyclic) bond motifs is 3. The van der Waals surface area contributed by atoms with E-state index in [1.807, 2.05) is 30.3 Å². The summed E-state index contributed by atoms with van der Waals surface area (Å²) in [4.78, 5) is 12.1. The third-order valence-corrected chi connectivity index (χ3v) is 4.35. The smallest absolute Gasteiger partial charge is 0.275 e. The van der Waals surface area contributed by atoms with E-state index in [1.54, 1.807) is 0 Å². The maximum Gasteiger partial charge on any atom is 0.275 e. The number of nitrogens with one attached hydrogen (secondary N) is 2. The molecule has 0 unspecified atom stereocenters. The van der Waals surface area contributed by atoms with Crippen molar-refractivity contribution in [3.8, 4) is 11.1 Å². The van der Waals surface area contributed by atoms with Gasteiger partial charge in [0, 0.05) is 6.42 Å². The third kappa shape index (κ3) is 2.63. The number of hydrogen-bond acceptors (Lipinski definition) is 2. The zero-order chi connectivity index (χ0) is 17.4. The highest BCUT2D eigenvalue weighted by molar-refractivity contribution is 5.95. The van der Waals surface area contributed by atoms with Crippen LogP contribution in [-0.4, -0.2) is 5.91 Å². The van der Waals surface area contributed by atoms with Crippen LogP contribution in [0.2, 0.25) is 0 Å². The largest absolute Gasteiger partial charge is 0.298 e. The lowest BCUT2D eigenvalue weighted by molar-refractivity contribution is 0.0954. The SMILES string of the molecule is O=C(NNc1cccc2c1Cc1ccccc1-2)c1c(F)cccc1F. The van der Waals surface area contributed by atoms with Crippen LogP contribution >= 0.6 is 0 Å². The van der Waals surface area contributed by atoms with Crippen LogP contribution in [0.15, 0.2) is 60.7 Å². The summed E-state index contributed by atoms with van der Waals surface area (Å²) in [6, 6.07) is 17.1. The Morgan fingerprint density at radius 3 is 2.32 bits per heavy atom. The Morgan fingerprint density at radius 1 is 0.840 bits per heavy atom. The quantitative estimate of drug-likeness (QED) is 0.548. The molecule has 0 aromatic heterocycles. The Hall–Kier alpha value is -3.21. The summed E-state index contributed by atoms with van der Waals surface area (Å²) in [5.41, 5.74) is 9.78. The molecule has 124 valence electrons. The highest BCUT2D eigenvalue weighted by Gasteiger charge is 2.21. The molecule has 5 heteroatoms. The Balaban J connectivity index is 1.59. The number of hydrogen-bond donors (Lipinski definition) is 2. The Bertz CT molecular complexity index is 965. The van der Waals surface area contributed by atoms with E-state index in [-0.39, 0.29) is 0 Å². The number of carbonyl (C=O) groups is 1. The van der Waals surface area contributed by atoms with E-state index >= 15 is 0 Å². The summed E-state index contributed by atoms with van der Waals surface area (Å²) < 4.78 is 27.4. The number of hydrazine groups is 1. The molecule has 0 saturated carbocycles. The van der Waals surface area contributed by atoms with Gasteiger partial charge in [-0.2, -0.15) is 0 Å². The highest BCUT2D eigenvalue weighted by Crippen LogP contribution is 2.39. The number of carbonyl (C=O) groups excluding carboxylic acids is 1. The molecule has 4 rings (SSSR count). The maximum atomic E-state index is 13.7. The molecule has 3 aromatic rings. The Morgan fingerprint density at radius 2 is 1.52 bits per heavy atom. The fourth-order valence-corrected chi connectivity index (χ4v) is 3.18. The zero-order valence-corrected chi connectivity index (χ0v) is 13.1. The van der Waals surface area contributed by atoms with Crippen molar-refractivity contribution < 1.29 is 13.6 Å². The van der Waals surface area contributed by atoms with E-state index in [2.05, 4.69) is 23.0 Å². The van der Waals surface area contributed by atoms with Crippen LogP contribution in [0, 0.1) is 11.6 Å². The minimum atomic E-state index is -0.898. The van der Waals surface area contributed by atoms with E-state index in [9.17, 15) is 13.6 Å². The van der Waals surface area contributed by atoms with Crippen molar-refractivity contribution in [1.29, 1.82) is 0 Å². The van der Waals surface area contributed by atoms with Crippen molar-refractivity contribution in [2.24, 2.45) is 0 Å². The molecule has 0 aliphatic heterocycles. The standard InChI is InChI=1S/C20H14F2N2O/c21-16-8-4-9-17(22)19(16)20(25)24-23-18-10-3-7-14-13-6-2-1-5-12(13)11-15(14)18/h1-10,23H,11H2,(H,24,25). The van der Waals surface area contributed by atoms with Gasteiger partial charge in [0.1, 0.15) is 17.2 Å². The van der Waals surface area contributed by atoms with Gasteiger partial charge < -0.3 is 0 Å². The molecule has 0 atom stereocenters. The van der Waals surface area contributed by atoms with Crippen LogP contribution in [-0.2, 0) is 6.42 Å². The van der Waals surface area contributed by atoms with Crippen molar-refractivity contribution in [2.75, 3.05) is 5.43 Å². The van der Waals surface area contributed by atoms with Gasteiger partial charge in [-0.15, -0.1) is 0 Å². The molecular formula is C20H14F2N2O. The number of benzene rings is 3. The molecule has 0 fully saturated rings. The topological polar surface area (TPSA) is 41.1 Å². The second-order valence-electron chi connectivity index (χ2n) is 5.84. The molecule has 3 aromatic carbocycles. The van der Waals surface area contributed by atoms with E-state index in [4.69, 9.17) is 0 Å². The van der Waals surface area contributed by atoms with Crippen LogP contribution in [0.4, 0.5) is 14.5 Å². The lowest BCUT2D eigenvalue weighted by atomic mass is 10.1. The summed E-state index contributed by atoms with van der Waals surface area (Å²) in [7, 11) is 0. The first-order chi connectivity index (χ1) is 12.1. The summed E-state index contributed by atoms with van der Waals surface area (Å²) in [6.45, 7) is 0. The lowest BCUT2D eigenvalue weighted by Crippen LogP contribution is -2.31. The average Bonchev–Trinajstić information content (AvgIpc) is 2.99. The van der Waals surface area contributed by atoms with E-state index in [0.29, 0.717) is 5.69 Å². The van der Waals surface area contributed by atoms with Gasteiger partial charge in [0.25, 0.3) is 5.91 Å². The fourth-order valence-electron chi connectivity index (χ4n) is 3.18. The molecule has 3 nitrogen and oxygen atoms in total. The number of rotatable bonds is 3. The van der Waals surface area contributed by atoms with E-state index in [1.165, 1.54) is 11.6 Å². The monoisotopic (exact) mass is 336 g/mol. The first-order valence-corrected chi connectivity index (χ1v) is 7.85. The predicted octanol–water partition coefficient (Wildman–Crippen LogP) is 4.29. The van der Waals surface area contributed by atoms with Gasteiger partial charge in [0.15, 0.2) is 0 Å². The van der Waals surface area contributed by atoms with Crippen LogP contribution in [0.3, 0.4) is 0 Å². The highest BCUT2D eigenvalue weighted by atomic mass is 19.1. The first kappa shape index (κ1) is 15.3. The van der Waals surface area contributed by atoms with E-state index in [0.717, 1.165) is 35.2 Å². The Kier molecular flexibility index (Phi) is 3.69. The van der Waals surface area contributed by atoms with Crippen LogP contribution in [0.25, 0.3) is 11.1 Å². The van der Waals surface area contributed by atoms with Gasteiger partial charge in [-0.3, -0.25) is 15.6 Å². The summed E-state index contributed by atoms with van der Waals surface area (Å²) >= 11 is 0. The molecule has 0 spiro atoms. The lowest BCUT2D eigenvalue weighted by Gasteiger charge is -2.13. The van der Waals surface area contributed by atoms with Crippen LogP contribution < -0.4 is 10.9 Å². The van der Waals surface area contributed by atoms with Gasteiger partial charge in [0.2, 0.25) is 0 Å². The van der Waals surface area contributed by atoms with Gasteiger partial charge in [0.05, 0.1) is 5.69 Å². The van der Waals surface area contributed by atoms with E-state index < -0.39 is 23.1 Å². The molecule has 1 aliphatic carbocycles. The minimum Gasteiger partial charge on any atom is -0.298 e. The molecule has 0 heterocycles. The normalized spacial score (nSPS) is 11.6. The van der Waals surface area contributed by atoms with Gasteiger partial charge in [-0.1, -0.05) is 42.5 Å². The van der Waals surface area contributed by atoms with Crippen molar-refractivity contribution in [2.45, 2.75) is 6.42 Å². The fraction of sp³-hybridized carbons (Fsp3) is 0.0500. The summed E-state index contributed by atoms with van der Waals surface area (Å²) in [6.07, 6.45) is 0.735. The maximum absolute atomic E-state index is 13.7. The van der Waals surface area contributed by atoms with Crippen molar-refractivity contribution in [3.63, 3.8) is 0 Å². The minimum absolute atomic E-state index is 0.606. The van der Waals surface area contributed by atoms with Crippen LogP contribution in [0.5, 0.6) is 0 Å². The molecule has 25 heavy (non-hydrogen) atoms. The zero-order valence-electron chi connectivity index (χ0n) is 13.1. The second-order valence-corrected chi connectivity index (χ2v) is 5.84. The summed E-state index contributed by atoms with van der Waals surface area (Å²) in [5.74, 6) is -2.65. The molecular weight excluding hydrogens is 322 g/mol. The molecule has 1 aliphatic rings. The number of halogens is 2. The van der Waals surface area contributed by atoms with Gasteiger partial charge >= 0.3 is 0 Å². The van der Waals surface area contributed by atoms with Crippen LogP contribution in [0.1, 0.15) is 21.5 Å². The Labute approximate surface area is 143 Å². The average molecular weight is 336 g/mol. The van der Waals surface area contributed by atoms with Crippen molar-refractivity contribution >= 4 is 11.6 Å². The molecule has 0 radical (unpaired) electrons. The third-order valence-electron chi connectivity index (χ3n) is 4.35. The first-order valence-electron chi connectivity index (χ1n) is 7.85. The molecule has 0 bridgehead atoms. The van der Waals surface area contributed by atoms with Crippen molar-refractivity contribution in [3.05, 3.63) is 89.0 Å². The van der Waals surface area contributed by atoms with Gasteiger partial charge in [-0.25, -0.2) is 8.78 Å². The van der Waals surface area contributed by atoms with Gasteiger partial charge in [-0.05, 0) is 40.5 Å². The summed E-state index contributed by atoms with van der Waals surface area (Å²) in [5, 5.41) is 0. The molecule has 2 N–H and O–H groups in total.